The third-order valence-corrected chi connectivity index (χ3v) is 2.61. The van der Waals surface area contributed by atoms with E-state index >= 15 is 0 Å². The van der Waals surface area contributed by atoms with Gasteiger partial charge in [-0.2, -0.15) is 0 Å². The van der Waals surface area contributed by atoms with Crippen molar-refractivity contribution in [1.82, 2.24) is 10.3 Å². The molecule has 0 bridgehead atoms. The summed E-state index contributed by atoms with van der Waals surface area (Å²) in [4.78, 5) is 4.18. The molecule has 5 heteroatoms. The molecule has 0 atom stereocenters. The molecule has 1 aliphatic rings. The van der Waals surface area contributed by atoms with Gasteiger partial charge in [-0.15, -0.1) is 24.8 Å². The van der Waals surface area contributed by atoms with Crippen molar-refractivity contribution >= 4 is 30.5 Å². The molecule has 2 N–H and O–H groups in total. The van der Waals surface area contributed by atoms with Gasteiger partial charge >= 0.3 is 0 Å². The summed E-state index contributed by atoms with van der Waals surface area (Å²) in [6, 6.07) is 4.76. The molecule has 0 aliphatic carbocycles. The van der Waals surface area contributed by atoms with Crippen molar-refractivity contribution in [1.29, 1.82) is 0 Å². The number of rotatable bonds is 2. The van der Waals surface area contributed by atoms with Crippen LogP contribution >= 0.6 is 24.8 Å². The number of halogens is 2. The lowest BCUT2D eigenvalue weighted by Crippen LogP contribution is -2.35. The van der Waals surface area contributed by atoms with Crippen LogP contribution in [0.4, 0.5) is 5.69 Å². The monoisotopic (exact) mass is 263 g/mol. The highest BCUT2D eigenvalue weighted by molar-refractivity contribution is 5.85. The van der Waals surface area contributed by atoms with E-state index in [1.165, 1.54) is 18.5 Å². The van der Waals surface area contributed by atoms with Gasteiger partial charge in [0.15, 0.2) is 0 Å². The number of nitrogens with one attached hydrogen (secondary N) is 2. The fourth-order valence-electron chi connectivity index (χ4n) is 1.84. The minimum Gasteiger partial charge on any atom is -0.382 e. The first-order chi connectivity index (χ1) is 6.84. The Morgan fingerprint density at radius 3 is 2.62 bits per heavy atom. The second-order valence-electron chi connectivity index (χ2n) is 3.85. The van der Waals surface area contributed by atoms with Crippen LogP contribution in [0.3, 0.4) is 0 Å². The van der Waals surface area contributed by atoms with Crippen molar-refractivity contribution in [3.8, 4) is 0 Å². The zero-order chi connectivity index (χ0) is 9.80. The zero-order valence-electron chi connectivity index (χ0n) is 9.40. The van der Waals surface area contributed by atoms with Gasteiger partial charge < -0.3 is 10.6 Å². The van der Waals surface area contributed by atoms with Crippen molar-refractivity contribution in [2.75, 3.05) is 18.4 Å². The number of hydrogen-bond acceptors (Lipinski definition) is 3. The van der Waals surface area contributed by atoms with Crippen molar-refractivity contribution in [2.24, 2.45) is 0 Å². The molecular formula is C11H19Cl2N3. The molecule has 92 valence electrons. The van der Waals surface area contributed by atoms with Gasteiger partial charge in [-0.05, 0) is 45.0 Å². The Hall–Kier alpha value is -0.510. The Morgan fingerprint density at radius 1 is 1.31 bits per heavy atom. The molecule has 0 aromatic carbocycles. The van der Waals surface area contributed by atoms with Gasteiger partial charge in [0.2, 0.25) is 0 Å². The molecule has 0 radical (unpaired) electrons. The minimum atomic E-state index is 0. The third-order valence-electron chi connectivity index (χ3n) is 2.61. The third kappa shape index (κ3) is 4.56. The number of aromatic nitrogens is 1. The van der Waals surface area contributed by atoms with E-state index in [4.69, 9.17) is 0 Å². The molecule has 1 fully saturated rings. The lowest BCUT2D eigenvalue weighted by atomic mass is 10.1. The number of hydrogen-bond donors (Lipinski definition) is 2. The Balaban J connectivity index is 0.00000112. The number of nitrogens with zero attached hydrogens (tertiary/aromatic N) is 1. The first-order valence-corrected chi connectivity index (χ1v) is 5.24. The second-order valence-corrected chi connectivity index (χ2v) is 3.85. The van der Waals surface area contributed by atoms with Gasteiger partial charge in [0.05, 0.1) is 0 Å². The topological polar surface area (TPSA) is 37.0 Å². The molecule has 0 saturated carbocycles. The molecule has 2 heterocycles. The molecule has 3 nitrogen and oxygen atoms in total. The molecule has 1 saturated heterocycles. The van der Waals surface area contributed by atoms with Gasteiger partial charge in [-0.25, -0.2) is 0 Å². The summed E-state index contributed by atoms with van der Waals surface area (Å²) in [6.45, 7) is 4.27. The zero-order valence-corrected chi connectivity index (χ0v) is 11.0. The summed E-state index contributed by atoms with van der Waals surface area (Å²) in [6.07, 6.45) is 4.28. The highest BCUT2D eigenvalue weighted by atomic mass is 35.5. The predicted octanol–water partition coefficient (Wildman–Crippen LogP) is 2.40. The lowest BCUT2D eigenvalue weighted by molar-refractivity contribution is 0.479. The van der Waals surface area contributed by atoms with Crippen LogP contribution in [0.15, 0.2) is 18.3 Å². The average molecular weight is 264 g/mol. The van der Waals surface area contributed by atoms with Gasteiger partial charge in [0.1, 0.15) is 0 Å². The van der Waals surface area contributed by atoms with Crippen LogP contribution in [-0.4, -0.2) is 24.1 Å². The van der Waals surface area contributed by atoms with Gasteiger partial charge in [-0.1, -0.05) is 0 Å². The van der Waals surface area contributed by atoms with Crippen molar-refractivity contribution in [2.45, 2.75) is 25.8 Å². The smallest absolute Gasteiger partial charge is 0.0393 e. The number of anilines is 1. The summed E-state index contributed by atoms with van der Waals surface area (Å²) >= 11 is 0. The molecule has 16 heavy (non-hydrogen) atoms. The van der Waals surface area contributed by atoms with Crippen LogP contribution in [0, 0.1) is 6.92 Å². The summed E-state index contributed by atoms with van der Waals surface area (Å²) in [5.74, 6) is 0. The van der Waals surface area contributed by atoms with E-state index < -0.39 is 0 Å². The summed E-state index contributed by atoms with van der Waals surface area (Å²) in [5, 5.41) is 6.90. The van der Waals surface area contributed by atoms with E-state index in [0.29, 0.717) is 6.04 Å². The number of aryl methyl sites for hydroxylation is 1. The Morgan fingerprint density at radius 2 is 2.00 bits per heavy atom. The standard InChI is InChI=1S/C11H17N3.2ClH/c1-9-8-11(4-7-13-9)14-10-2-5-12-6-3-10;;/h4,7-8,10,12H,2-3,5-6H2,1H3,(H,13,14);2*1H. The van der Waals surface area contributed by atoms with Crippen LogP contribution in [-0.2, 0) is 0 Å². The first-order valence-electron chi connectivity index (χ1n) is 5.24. The lowest BCUT2D eigenvalue weighted by Gasteiger charge is -2.24. The van der Waals surface area contributed by atoms with Crippen LogP contribution in [0.2, 0.25) is 0 Å². The fraction of sp³-hybridized carbons (Fsp3) is 0.545. The second kappa shape index (κ2) is 7.71. The van der Waals surface area contributed by atoms with E-state index in [9.17, 15) is 0 Å². The van der Waals surface area contributed by atoms with Gasteiger partial charge in [0, 0.05) is 23.6 Å². The first kappa shape index (κ1) is 15.5. The van der Waals surface area contributed by atoms with Crippen LogP contribution in [0.1, 0.15) is 18.5 Å². The molecular weight excluding hydrogens is 245 g/mol. The molecule has 1 aliphatic heterocycles. The van der Waals surface area contributed by atoms with Gasteiger partial charge in [0.25, 0.3) is 0 Å². The minimum absolute atomic E-state index is 0. The Kier molecular flexibility index (Phi) is 7.47. The average Bonchev–Trinajstić information content (AvgIpc) is 2.19. The maximum atomic E-state index is 4.18. The molecule has 1 aromatic rings. The molecule has 0 spiro atoms. The largest absolute Gasteiger partial charge is 0.382 e. The molecule has 2 rings (SSSR count). The quantitative estimate of drug-likeness (QED) is 0.861. The fourth-order valence-corrected chi connectivity index (χ4v) is 1.84. The van der Waals surface area contributed by atoms with Crippen LogP contribution < -0.4 is 10.6 Å². The Bertz CT molecular complexity index is 301. The molecule has 0 amide bonds. The predicted molar refractivity (Wildman–Crippen MR) is 73.0 cm³/mol. The van der Waals surface area contributed by atoms with E-state index in [1.807, 2.05) is 19.2 Å². The van der Waals surface area contributed by atoms with Crippen LogP contribution in [0.25, 0.3) is 0 Å². The summed E-state index contributed by atoms with van der Waals surface area (Å²) < 4.78 is 0. The number of piperidine rings is 1. The Labute approximate surface area is 109 Å². The summed E-state index contributed by atoms with van der Waals surface area (Å²) in [7, 11) is 0. The van der Waals surface area contributed by atoms with Crippen molar-refractivity contribution < 1.29 is 0 Å². The highest BCUT2D eigenvalue weighted by Crippen LogP contribution is 2.13. The maximum absolute atomic E-state index is 4.18. The van der Waals surface area contributed by atoms with Crippen LogP contribution in [0.5, 0.6) is 0 Å². The highest BCUT2D eigenvalue weighted by Gasteiger charge is 2.11. The van der Waals surface area contributed by atoms with E-state index in [2.05, 4.69) is 21.7 Å². The molecule has 1 aromatic heterocycles. The van der Waals surface area contributed by atoms with Crippen molar-refractivity contribution in [3.63, 3.8) is 0 Å². The number of pyridine rings is 1. The van der Waals surface area contributed by atoms with E-state index in [-0.39, 0.29) is 24.8 Å². The summed E-state index contributed by atoms with van der Waals surface area (Å²) in [5.41, 5.74) is 2.27. The van der Waals surface area contributed by atoms with Gasteiger partial charge in [-0.3, -0.25) is 4.98 Å². The molecule has 0 unspecified atom stereocenters. The van der Waals surface area contributed by atoms with Crippen molar-refractivity contribution in [3.05, 3.63) is 24.0 Å². The normalized spacial score (nSPS) is 15.8. The SMILES string of the molecule is Cc1cc(NC2CCNCC2)ccn1.Cl.Cl. The van der Waals surface area contributed by atoms with E-state index in [1.54, 1.807) is 0 Å². The van der Waals surface area contributed by atoms with E-state index in [0.717, 1.165) is 18.8 Å². The maximum Gasteiger partial charge on any atom is 0.0393 e.